The number of amides is 1. The minimum Gasteiger partial charge on any atom is -0.393 e. The quantitative estimate of drug-likeness (QED) is 0.865. The van der Waals surface area contributed by atoms with Crippen molar-refractivity contribution >= 4 is 34.7 Å². The molecule has 3 nitrogen and oxygen atoms in total. The van der Waals surface area contributed by atoms with E-state index in [4.69, 9.17) is 29.6 Å². The lowest BCUT2D eigenvalue weighted by Gasteiger charge is -2.21. The molecule has 0 aliphatic rings. The number of benzene rings is 1. The van der Waals surface area contributed by atoms with Crippen molar-refractivity contribution in [3.05, 3.63) is 34.3 Å². The molecule has 0 spiro atoms. The Hall–Kier alpha value is -1.13. The fourth-order valence-corrected chi connectivity index (χ4v) is 1.88. The minimum absolute atomic E-state index is 0.0162. The van der Waals surface area contributed by atoms with Gasteiger partial charge in [0.1, 0.15) is 0 Å². The van der Waals surface area contributed by atoms with Crippen LogP contribution in [-0.2, 0) is 0 Å². The molecule has 0 heterocycles. The fourth-order valence-electron chi connectivity index (χ4n) is 1.60. The van der Waals surface area contributed by atoms with E-state index in [1.165, 1.54) is 0 Å². The first-order valence-electron chi connectivity index (χ1n) is 5.64. The van der Waals surface area contributed by atoms with Crippen LogP contribution in [0.25, 0.3) is 0 Å². The molecule has 98 valence electrons. The second-order valence-corrected chi connectivity index (χ2v) is 5.27. The maximum Gasteiger partial charge on any atom is 0.255 e. The van der Waals surface area contributed by atoms with Crippen LogP contribution in [0.5, 0.6) is 0 Å². The van der Waals surface area contributed by atoms with Crippen LogP contribution in [0, 0.1) is 12.8 Å². The van der Waals surface area contributed by atoms with Crippen LogP contribution >= 0.6 is 23.8 Å². The Morgan fingerprint density at radius 2 is 2.17 bits per heavy atom. The van der Waals surface area contributed by atoms with Crippen LogP contribution in [0.4, 0.5) is 0 Å². The zero-order valence-electron chi connectivity index (χ0n) is 10.7. The molecular weight excluding hydrogens is 268 g/mol. The van der Waals surface area contributed by atoms with E-state index in [0.29, 0.717) is 22.1 Å². The summed E-state index contributed by atoms with van der Waals surface area (Å²) in [5, 5.41) is 0.498. The van der Waals surface area contributed by atoms with E-state index in [1.807, 2.05) is 26.0 Å². The molecule has 0 fully saturated rings. The van der Waals surface area contributed by atoms with Gasteiger partial charge in [0.05, 0.1) is 15.6 Å². The molecule has 1 rings (SSSR count). The van der Waals surface area contributed by atoms with Crippen LogP contribution in [0.1, 0.15) is 22.8 Å². The molecule has 0 aliphatic heterocycles. The maximum absolute atomic E-state index is 12.2. The van der Waals surface area contributed by atoms with Gasteiger partial charge in [-0.15, -0.1) is 0 Å². The Balaban J connectivity index is 2.87. The third kappa shape index (κ3) is 3.43. The summed E-state index contributed by atoms with van der Waals surface area (Å²) in [5.74, 6) is -0.135. The van der Waals surface area contributed by atoms with Crippen molar-refractivity contribution in [2.45, 2.75) is 13.8 Å². The van der Waals surface area contributed by atoms with Gasteiger partial charge in [-0.2, -0.15) is 0 Å². The van der Waals surface area contributed by atoms with Crippen molar-refractivity contribution in [2.75, 3.05) is 13.6 Å². The van der Waals surface area contributed by atoms with Crippen molar-refractivity contribution in [3.63, 3.8) is 0 Å². The third-order valence-corrected chi connectivity index (χ3v) is 3.71. The number of rotatable bonds is 4. The van der Waals surface area contributed by atoms with Crippen molar-refractivity contribution in [1.29, 1.82) is 0 Å². The van der Waals surface area contributed by atoms with Gasteiger partial charge >= 0.3 is 0 Å². The highest BCUT2D eigenvalue weighted by Crippen LogP contribution is 2.21. The van der Waals surface area contributed by atoms with Gasteiger partial charge in [-0.25, -0.2) is 0 Å². The molecule has 0 radical (unpaired) electrons. The van der Waals surface area contributed by atoms with Gasteiger partial charge in [0, 0.05) is 19.5 Å². The number of hydrogen-bond donors (Lipinski definition) is 1. The lowest BCUT2D eigenvalue weighted by Crippen LogP contribution is -2.35. The summed E-state index contributed by atoms with van der Waals surface area (Å²) in [6, 6.07) is 5.41. The number of thiocarbonyl (C=S) groups is 1. The molecule has 2 N–H and O–H groups in total. The summed E-state index contributed by atoms with van der Waals surface area (Å²) in [7, 11) is 1.72. The van der Waals surface area contributed by atoms with E-state index in [1.54, 1.807) is 18.0 Å². The number of carbonyl (C=O) groups excluding carboxylic acids is 1. The number of nitrogens with zero attached hydrogens (tertiary/aromatic N) is 1. The Labute approximate surface area is 118 Å². The highest BCUT2D eigenvalue weighted by molar-refractivity contribution is 7.80. The van der Waals surface area contributed by atoms with Crippen LogP contribution in [0.15, 0.2) is 18.2 Å². The molecule has 0 saturated heterocycles. The Bertz CT molecular complexity index is 476. The zero-order valence-corrected chi connectivity index (χ0v) is 12.3. The fraction of sp³-hybridized carbons (Fsp3) is 0.385. The standard InChI is InChI=1S/C13H17ClN2OS/c1-8-5-4-6-10(11(8)14)13(17)16(3)7-9(2)12(15)18/h4-6,9H,7H2,1-3H3,(H2,15,18). The summed E-state index contributed by atoms with van der Waals surface area (Å²) < 4.78 is 0. The van der Waals surface area contributed by atoms with Gasteiger partial charge in [0.15, 0.2) is 0 Å². The Morgan fingerprint density at radius 3 is 2.72 bits per heavy atom. The number of hydrogen-bond acceptors (Lipinski definition) is 2. The molecule has 0 aliphatic carbocycles. The van der Waals surface area contributed by atoms with E-state index in [2.05, 4.69) is 0 Å². The van der Waals surface area contributed by atoms with Gasteiger partial charge < -0.3 is 10.6 Å². The Kier molecular flexibility index (Phi) is 5.11. The van der Waals surface area contributed by atoms with E-state index in [-0.39, 0.29) is 11.8 Å². The van der Waals surface area contributed by atoms with Gasteiger partial charge in [-0.1, -0.05) is 42.9 Å². The highest BCUT2D eigenvalue weighted by atomic mass is 35.5. The Morgan fingerprint density at radius 1 is 1.56 bits per heavy atom. The first kappa shape index (κ1) is 14.9. The largest absolute Gasteiger partial charge is 0.393 e. The van der Waals surface area contributed by atoms with E-state index in [9.17, 15) is 4.79 Å². The van der Waals surface area contributed by atoms with Crippen LogP contribution in [-0.4, -0.2) is 29.4 Å². The molecule has 0 saturated carbocycles. The molecule has 1 atom stereocenters. The molecular formula is C13H17ClN2OS. The predicted octanol–water partition coefficient (Wildman–Crippen LogP) is 2.64. The zero-order chi connectivity index (χ0) is 13.9. The van der Waals surface area contributed by atoms with E-state index in [0.717, 1.165) is 5.56 Å². The van der Waals surface area contributed by atoms with Crippen molar-refractivity contribution in [1.82, 2.24) is 4.90 Å². The average Bonchev–Trinajstić information content (AvgIpc) is 2.31. The molecule has 0 bridgehead atoms. The molecule has 1 unspecified atom stereocenters. The van der Waals surface area contributed by atoms with Gasteiger partial charge in [-0.05, 0) is 18.6 Å². The van der Waals surface area contributed by atoms with Crippen molar-refractivity contribution in [2.24, 2.45) is 11.7 Å². The van der Waals surface area contributed by atoms with E-state index >= 15 is 0 Å². The smallest absolute Gasteiger partial charge is 0.255 e. The average molecular weight is 285 g/mol. The van der Waals surface area contributed by atoms with Crippen molar-refractivity contribution in [3.8, 4) is 0 Å². The summed E-state index contributed by atoms with van der Waals surface area (Å²) in [6.45, 7) is 4.25. The second-order valence-electron chi connectivity index (χ2n) is 4.43. The summed E-state index contributed by atoms with van der Waals surface area (Å²) in [6.07, 6.45) is 0. The molecule has 1 aromatic carbocycles. The third-order valence-electron chi connectivity index (χ3n) is 2.80. The van der Waals surface area contributed by atoms with Crippen LogP contribution < -0.4 is 5.73 Å². The minimum atomic E-state index is -0.119. The van der Waals surface area contributed by atoms with Crippen LogP contribution in [0.2, 0.25) is 5.02 Å². The monoisotopic (exact) mass is 284 g/mol. The number of nitrogens with two attached hydrogens (primary N) is 1. The molecule has 1 aromatic rings. The first-order valence-corrected chi connectivity index (χ1v) is 6.43. The van der Waals surface area contributed by atoms with Crippen LogP contribution in [0.3, 0.4) is 0 Å². The lowest BCUT2D eigenvalue weighted by molar-refractivity contribution is 0.0787. The lowest BCUT2D eigenvalue weighted by atomic mass is 10.1. The molecule has 18 heavy (non-hydrogen) atoms. The predicted molar refractivity (Wildman–Crippen MR) is 79.1 cm³/mol. The number of halogens is 1. The number of carbonyl (C=O) groups is 1. The SMILES string of the molecule is Cc1cccc(C(=O)N(C)CC(C)C(N)=S)c1Cl. The van der Waals surface area contributed by atoms with Gasteiger partial charge in [0.25, 0.3) is 5.91 Å². The summed E-state index contributed by atoms with van der Waals surface area (Å²) in [4.78, 5) is 14.2. The first-order chi connectivity index (χ1) is 8.34. The van der Waals surface area contributed by atoms with Gasteiger partial charge in [0.2, 0.25) is 0 Å². The topological polar surface area (TPSA) is 46.3 Å². The summed E-state index contributed by atoms with van der Waals surface area (Å²) >= 11 is 11.0. The maximum atomic E-state index is 12.2. The summed E-state index contributed by atoms with van der Waals surface area (Å²) in [5.41, 5.74) is 6.94. The molecule has 5 heteroatoms. The molecule has 1 amide bonds. The highest BCUT2D eigenvalue weighted by Gasteiger charge is 2.18. The van der Waals surface area contributed by atoms with E-state index < -0.39 is 0 Å². The molecule has 0 aromatic heterocycles. The van der Waals surface area contributed by atoms with Crippen molar-refractivity contribution < 1.29 is 4.79 Å². The number of aryl methyl sites for hydroxylation is 1. The second kappa shape index (κ2) is 6.16. The van der Waals surface area contributed by atoms with Gasteiger partial charge in [-0.3, -0.25) is 4.79 Å². The normalized spacial score (nSPS) is 12.0.